The molecule has 0 unspecified atom stereocenters. The number of nitrogens with zero attached hydrogens (tertiary/aromatic N) is 1. The van der Waals surface area contributed by atoms with E-state index < -0.39 is 5.82 Å². The van der Waals surface area contributed by atoms with E-state index >= 15 is 0 Å². The number of nitrogens with one attached hydrogen (secondary N) is 3. The summed E-state index contributed by atoms with van der Waals surface area (Å²) in [5.74, 6) is -0.541. The van der Waals surface area contributed by atoms with Gasteiger partial charge in [-0.1, -0.05) is 18.2 Å². The molecule has 1 fully saturated rings. The van der Waals surface area contributed by atoms with Crippen molar-refractivity contribution in [3.05, 3.63) is 59.4 Å². The third-order valence-corrected chi connectivity index (χ3v) is 4.08. The van der Waals surface area contributed by atoms with Crippen molar-refractivity contribution in [1.29, 1.82) is 5.26 Å². The molecule has 2 aromatic carbocycles. The first-order chi connectivity index (χ1) is 12.1. The van der Waals surface area contributed by atoms with Gasteiger partial charge in [-0.05, 0) is 49.6 Å². The number of benzene rings is 2. The normalized spacial score (nSPS) is 14.3. The van der Waals surface area contributed by atoms with Crippen LogP contribution >= 0.6 is 0 Å². The lowest BCUT2D eigenvalue weighted by Gasteiger charge is -2.17. The molecule has 5 nitrogen and oxygen atoms in total. The van der Waals surface area contributed by atoms with Crippen LogP contribution in [-0.4, -0.2) is 12.1 Å². The minimum Gasteiger partial charge on any atom is -0.377 e. The quantitative estimate of drug-likeness (QED) is 0.766. The molecular formula is C19H19FN4O. The van der Waals surface area contributed by atoms with Gasteiger partial charge in [0.2, 0.25) is 0 Å². The van der Waals surface area contributed by atoms with Gasteiger partial charge in [-0.15, -0.1) is 0 Å². The Morgan fingerprint density at radius 2 is 1.96 bits per heavy atom. The summed E-state index contributed by atoms with van der Waals surface area (Å²) in [5, 5.41) is 17.9. The zero-order chi connectivity index (χ0) is 17.8. The molecule has 1 aliphatic rings. The topological polar surface area (TPSA) is 77.0 Å². The Labute approximate surface area is 145 Å². The van der Waals surface area contributed by atoms with Crippen LogP contribution in [0.15, 0.2) is 42.5 Å². The second-order valence-electron chi connectivity index (χ2n) is 6.13. The maximum atomic E-state index is 13.7. The van der Waals surface area contributed by atoms with E-state index in [-0.39, 0.29) is 17.6 Å². The maximum absolute atomic E-state index is 13.7. The molecule has 1 saturated carbocycles. The number of hydrogen-bond donors (Lipinski definition) is 3. The van der Waals surface area contributed by atoms with E-state index in [1.54, 1.807) is 12.1 Å². The summed E-state index contributed by atoms with van der Waals surface area (Å²) in [5.41, 5.74) is 2.13. The van der Waals surface area contributed by atoms with Gasteiger partial charge >= 0.3 is 6.03 Å². The Hall–Kier alpha value is -3.07. The molecule has 25 heavy (non-hydrogen) atoms. The predicted octanol–water partition coefficient (Wildman–Crippen LogP) is 4.15. The number of urea groups is 1. The van der Waals surface area contributed by atoms with E-state index in [9.17, 15) is 9.18 Å². The standard InChI is InChI=1S/C19H19FN4O/c1-12(22-18-4-2-3-17(20)16(18)11-21)13-5-7-14(8-6-13)23-19(25)24-15-9-10-15/h2-8,12,15,22H,9-10H2,1H3,(H2,23,24,25)/t12-/m1/s1. The van der Waals surface area contributed by atoms with E-state index in [4.69, 9.17) is 5.26 Å². The summed E-state index contributed by atoms with van der Waals surface area (Å²) in [6.45, 7) is 1.92. The summed E-state index contributed by atoms with van der Waals surface area (Å²) in [6.07, 6.45) is 2.08. The van der Waals surface area contributed by atoms with Crippen LogP contribution in [0, 0.1) is 17.1 Å². The van der Waals surface area contributed by atoms with Crippen LogP contribution in [0.2, 0.25) is 0 Å². The molecule has 0 aromatic heterocycles. The maximum Gasteiger partial charge on any atom is 0.319 e. The van der Waals surface area contributed by atoms with Crippen molar-refractivity contribution in [3.63, 3.8) is 0 Å². The number of nitriles is 1. The highest BCUT2D eigenvalue weighted by molar-refractivity contribution is 5.89. The van der Waals surface area contributed by atoms with Crippen molar-refractivity contribution >= 4 is 17.4 Å². The number of amides is 2. The number of hydrogen-bond acceptors (Lipinski definition) is 3. The van der Waals surface area contributed by atoms with Gasteiger partial charge in [0, 0.05) is 17.8 Å². The zero-order valence-electron chi connectivity index (χ0n) is 13.8. The van der Waals surface area contributed by atoms with Crippen molar-refractivity contribution in [2.75, 3.05) is 10.6 Å². The zero-order valence-corrected chi connectivity index (χ0v) is 13.8. The van der Waals surface area contributed by atoms with Gasteiger partial charge in [-0.25, -0.2) is 9.18 Å². The molecule has 1 atom stereocenters. The van der Waals surface area contributed by atoms with E-state index in [1.165, 1.54) is 6.07 Å². The molecule has 2 aromatic rings. The number of carbonyl (C=O) groups excluding carboxylic acids is 1. The molecule has 0 aliphatic heterocycles. The van der Waals surface area contributed by atoms with Gasteiger partial charge in [0.15, 0.2) is 0 Å². The second-order valence-corrected chi connectivity index (χ2v) is 6.13. The fraction of sp³-hybridized carbons (Fsp3) is 0.263. The molecule has 0 spiro atoms. The Kier molecular flexibility index (Phi) is 4.85. The van der Waals surface area contributed by atoms with Crippen LogP contribution in [0.4, 0.5) is 20.6 Å². The third kappa shape index (κ3) is 4.27. The Bertz CT molecular complexity index is 809. The summed E-state index contributed by atoms with van der Waals surface area (Å²) >= 11 is 0. The third-order valence-electron chi connectivity index (χ3n) is 4.08. The average Bonchev–Trinajstić information content (AvgIpc) is 3.39. The van der Waals surface area contributed by atoms with Crippen LogP contribution in [0.1, 0.15) is 36.9 Å². The van der Waals surface area contributed by atoms with Crippen LogP contribution in [-0.2, 0) is 0 Å². The smallest absolute Gasteiger partial charge is 0.319 e. The van der Waals surface area contributed by atoms with Crippen molar-refractivity contribution in [2.45, 2.75) is 31.8 Å². The average molecular weight is 338 g/mol. The summed E-state index contributed by atoms with van der Waals surface area (Å²) in [7, 11) is 0. The van der Waals surface area contributed by atoms with Gasteiger partial charge in [0.05, 0.1) is 5.69 Å². The number of carbonyl (C=O) groups is 1. The first-order valence-electron chi connectivity index (χ1n) is 8.19. The van der Waals surface area contributed by atoms with Gasteiger partial charge in [0.1, 0.15) is 17.4 Å². The van der Waals surface area contributed by atoms with Crippen molar-refractivity contribution < 1.29 is 9.18 Å². The lowest BCUT2D eigenvalue weighted by molar-refractivity contribution is 0.251. The van der Waals surface area contributed by atoms with Crippen LogP contribution < -0.4 is 16.0 Å². The fourth-order valence-electron chi connectivity index (χ4n) is 2.51. The first kappa shape index (κ1) is 16.8. The molecule has 0 heterocycles. The largest absolute Gasteiger partial charge is 0.377 e. The van der Waals surface area contributed by atoms with Gasteiger partial charge < -0.3 is 16.0 Å². The molecule has 3 rings (SSSR count). The summed E-state index contributed by atoms with van der Waals surface area (Å²) in [6, 6.07) is 13.8. The van der Waals surface area contributed by atoms with E-state index in [2.05, 4.69) is 16.0 Å². The number of halogens is 1. The SMILES string of the molecule is C[C@@H](Nc1cccc(F)c1C#N)c1ccc(NC(=O)NC2CC2)cc1. The van der Waals surface area contributed by atoms with Gasteiger partial charge in [-0.3, -0.25) is 0 Å². The van der Waals surface area contributed by atoms with E-state index in [1.807, 2.05) is 37.3 Å². The Morgan fingerprint density at radius 1 is 1.24 bits per heavy atom. The molecule has 2 amide bonds. The molecule has 128 valence electrons. The minimum atomic E-state index is -0.541. The Balaban J connectivity index is 1.64. The highest BCUT2D eigenvalue weighted by Crippen LogP contribution is 2.25. The number of rotatable bonds is 5. The predicted molar refractivity (Wildman–Crippen MR) is 94.8 cm³/mol. The lowest BCUT2D eigenvalue weighted by atomic mass is 10.1. The van der Waals surface area contributed by atoms with Crippen LogP contribution in [0.3, 0.4) is 0 Å². The molecule has 1 aliphatic carbocycles. The molecule has 0 radical (unpaired) electrons. The monoisotopic (exact) mass is 338 g/mol. The van der Waals surface area contributed by atoms with Crippen molar-refractivity contribution in [2.24, 2.45) is 0 Å². The van der Waals surface area contributed by atoms with Gasteiger partial charge in [-0.2, -0.15) is 5.26 Å². The number of anilines is 2. The summed E-state index contributed by atoms with van der Waals surface area (Å²) < 4.78 is 13.7. The van der Waals surface area contributed by atoms with Crippen LogP contribution in [0.25, 0.3) is 0 Å². The first-order valence-corrected chi connectivity index (χ1v) is 8.19. The minimum absolute atomic E-state index is 0.00406. The van der Waals surface area contributed by atoms with E-state index in [0.717, 1.165) is 18.4 Å². The van der Waals surface area contributed by atoms with Crippen LogP contribution in [0.5, 0.6) is 0 Å². The lowest BCUT2D eigenvalue weighted by Crippen LogP contribution is -2.30. The fourth-order valence-corrected chi connectivity index (χ4v) is 2.51. The van der Waals surface area contributed by atoms with Crippen molar-refractivity contribution in [1.82, 2.24) is 5.32 Å². The second kappa shape index (κ2) is 7.22. The molecular weight excluding hydrogens is 319 g/mol. The highest BCUT2D eigenvalue weighted by Gasteiger charge is 2.23. The summed E-state index contributed by atoms with van der Waals surface area (Å²) in [4.78, 5) is 11.7. The Morgan fingerprint density at radius 3 is 2.60 bits per heavy atom. The molecule has 0 bridgehead atoms. The van der Waals surface area contributed by atoms with Gasteiger partial charge in [0.25, 0.3) is 0 Å². The highest BCUT2D eigenvalue weighted by atomic mass is 19.1. The molecule has 6 heteroatoms. The molecule has 3 N–H and O–H groups in total. The van der Waals surface area contributed by atoms with Crippen molar-refractivity contribution in [3.8, 4) is 6.07 Å². The van der Waals surface area contributed by atoms with E-state index in [0.29, 0.717) is 17.4 Å². The molecule has 0 saturated heterocycles.